The van der Waals surface area contributed by atoms with Crippen LogP contribution in [0.1, 0.15) is 23.7 Å². The molecular formula is C21H22Cl2N2O3S. The van der Waals surface area contributed by atoms with Gasteiger partial charge in [0, 0.05) is 12.4 Å². The molecule has 4 rings (SSSR count). The molecule has 1 amide bonds. The van der Waals surface area contributed by atoms with Crippen molar-refractivity contribution in [2.45, 2.75) is 23.3 Å². The molecule has 2 aliphatic rings. The third-order valence-electron chi connectivity index (χ3n) is 5.39. The fourth-order valence-corrected chi connectivity index (χ4v) is 5.47. The monoisotopic (exact) mass is 452 g/mol. The smallest absolute Gasteiger partial charge is 0.318 e. The van der Waals surface area contributed by atoms with Gasteiger partial charge in [0.2, 0.25) is 5.91 Å². The van der Waals surface area contributed by atoms with Gasteiger partial charge in [0.05, 0.1) is 17.2 Å². The summed E-state index contributed by atoms with van der Waals surface area (Å²) in [4.78, 5) is 27.0. The number of thioether (sulfide) groups is 1. The molecule has 0 spiro atoms. The van der Waals surface area contributed by atoms with Gasteiger partial charge in [-0.25, -0.2) is 0 Å². The molecule has 3 atom stereocenters. The number of benzene rings is 2. The summed E-state index contributed by atoms with van der Waals surface area (Å²) in [6.07, 6.45) is -0.111. The molecule has 2 N–H and O–H groups in total. The van der Waals surface area contributed by atoms with Gasteiger partial charge in [-0.15, -0.1) is 35.8 Å². The number of hydrogen-bond donors (Lipinski definition) is 1. The number of halogens is 2. The van der Waals surface area contributed by atoms with Crippen molar-refractivity contribution in [1.82, 2.24) is 4.90 Å². The minimum absolute atomic E-state index is 0. The molecule has 154 valence electrons. The number of rotatable bonds is 5. The number of nitrogens with zero attached hydrogens (tertiary/aromatic N) is 1. The Morgan fingerprint density at radius 3 is 2.21 bits per heavy atom. The summed E-state index contributed by atoms with van der Waals surface area (Å²) in [7, 11) is 0. The van der Waals surface area contributed by atoms with Crippen LogP contribution in [-0.2, 0) is 14.3 Å². The Labute approximate surface area is 185 Å². The Morgan fingerprint density at radius 2 is 1.72 bits per heavy atom. The van der Waals surface area contributed by atoms with Gasteiger partial charge in [-0.2, -0.15) is 0 Å². The lowest BCUT2D eigenvalue weighted by molar-refractivity contribution is -0.164. The number of nitrogens with two attached hydrogens (primary N) is 1. The highest BCUT2D eigenvalue weighted by molar-refractivity contribution is 8.00. The first-order valence-electron chi connectivity index (χ1n) is 9.12. The zero-order valence-electron chi connectivity index (χ0n) is 15.6. The number of carbonyl (C=O) groups is 2. The van der Waals surface area contributed by atoms with Crippen LogP contribution in [-0.4, -0.2) is 39.9 Å². The van der Waals surface area contributed by atoms with Crippen LogP contribution in [0.2, 0.25) is 0 Å². The molecule has 2 unspecified atom stereocenters. The van der Waals surface area contributed by atoms with Crippen molar-refractivity contribution < 1.29 is 14.3 Å². The van der Waals surface area contributed by atoms with E-state index in [1.54, 1.807) is 4.90 Å². The number of fused-ring (bicyclic) bond motifs is 1. The van der Waals surface area contributed by atoms with E-state index in [9.17, 15) is 9.59 Å². The van der Waals surface area contributed by atoms with Crippen molar-refractivity contribution in [2.75, 3.05) is 12.4 Å². The second-order valence-corrected chi connectivity index (χ2v) is 8.73. The number of alkyl halides is 1. The average molecular weight is 453 g/mol. The van der Waals surface area contributed by atoms with Gasteiger partial charge in [0.1, 0.15) is 5.41 Å². The van der Waals surface area contributed by atoms with E-state index in [0.717, 1.165) is 11.1 Å². The van der Waals surface area contributed by atoms with Crippen molar-refractivity contribution >= 4 is 47.6 Å². The van der Waals surface area contributed by atoms with Crippen molar-refractivity contribution in [1.29, 1.82) is 0 Å². The van der Waals surface area contributed by atoms with Gasteiger partial charge in [0.25, 0.3) is 0 Å². The fourth-order valence-electron chi connectivity index (χ4n) is 3.59. The van der Waals surface area contributed by atoms with E-state index >= 15 is 0 Å². The van der Waals surface area contributed by atoms with Crippen LogP contribution in [0, 0.1) is 5.41 Å². The lowest BCUT2D eigenvalue weighted by Crippen LogP contribution is -2.66. The molecule has 2 fully saturated rings. The van der Waals surface area contributed by atoms with Gasteiger partial charge >= 0.3 is 5.97 Å². The van der Waals surface area contributed by atoms with E-state index in [4.69, 9.17) is 22.1 Å². The summed E-state index contributed by atoms with van der Waals surface area (Å²) in [5.74, 6) is -0.458. The van der Waals surface area contributed by atoms with E-state index in [2.05, 4.69) is 0 Å². The molecule has 0 saturated carbocycles. The summed E-state index contributed by atoms with van der Waals surface area (Å²) < 4.78 is 6.01. The zero-order valence-corrected chi connectivity index (χ0v) is 18.0. The highest BCUT2D eigenvalue weighted by Gasteiger charge is 2.57. The van der Waals surface area contributed by atoms with Gasteiger partial charge in [-0.3, -0.25) is 9.59 Å². The van der Waals surface area contributed by atoms with Crippen molar-refractivity contribution in [3.8, 4) is 0 Å². The summed E-state index contributed by atoms with van der Waals surface area (Å²) in [6.45, 7) is 0.198. The van der Waals surface area contributed by atoms with E-state index in [1.807, 2.05) is 60.7 Å². The van der Waals surface area contributed by atoms with Crippen LogP contribution in [0.25, 0.3) is 0 Å². The van der Waals surface area contributed by atoms with E-state index in [-0.39, 0.29) is 36.1 Å². The van der Waals surface area contributed by atoms with Crippen LogP contribution < -0.4 is 5.73 Å². The molecule has 2 aliphatic heterocycles. The van der Waals surface area contributed by atoms with E-state index < -0.39 is 22.9 Å². The molecule has 5 nitrogen and oxygen atoms in total. The number of carbonyl (C=O) groups excluding carboxylic acids is 2. The predicted molar refractivity (Wildman–Crippen MR) is 117 cm³/mol. The molecule has 0 bridgehead atoms. The predicted octanol–water partition coefficient (Wildman–Crippen LogP) is 3.56. The quantitative estimate of drug-likeness (QED) is 0.426. The molecule has 2 aromatic carbocycles. The summed E-state index contributed by atoms with van der Waals surface area (Å²) in [6, 6.07) is 19.1. The Kier molecular flexibility index (Phi) is 6.79. The van der Waals surface area contributed by atoms with Crippen molar-refractivity contribution in [3.05, 3.63) is 71.8 Å². The first-order valence-corrected chi connectivity index (χ1v) is 10.6. The number of esters is 1. The molecule has 2 saturated heterocycles. The Balaban J connectivity index is 0.00000240. The van der Waals surface area contributed by atoms with E-state index in [1.165, 1.54) is 11.8 Å². The Morgan fingerprint density at radius 1 is 1.17 bits per heavy atom. The van der Waals surface area contributed by atoms with Gasteiger partial charge in [-0.05, 0) is 11.1 Å². The lowest BCUT2D eigenvalue weighted by atomic mass is 9.87. The summed E-state index contributed by atoms with van der Waals surface area (Å²) in [5.41, 5.74) is 6.94. The topological polar surface area (TPSA) is 72.6 Å². The highest BCUT2D eigenvalue weighted by atomic mass is 35.5. The Bertz CT molecular complexity index is 831. The highest BCUT2D eigenvalue weighted by Crippen LogP contribution is 2.46. The minimum Gasteiger partial charge on any atom is -0.452 e. The molecule has 0 aromatic heterocycles. The first-order chi connectivity index (χ1) is 13.5. The largest absolute Gasteiger partial charge is 0.452 e. The normalized spacial score (nSPS) is 25.6. The summed E-state index contributed by atoms with van der Waals surface area (Å²) >= 11 is 7.67. The first kappa shape index (κ1) is 22.0. The minimum atomic E-state index is -1.14. The van der Waals surface area contributed by atoms with Crippen LogP contribution in [0.3, 0.4) is 0 Å². The maximum atomic E-state index is 13.4. The number of amides is 1. The van der Waals surface area contributed by atoms with Gasteiger partial charge in [-0.1, -0.05) is 60.7 Å². The molecule has 0 radical (unpaired) electrons. The van der Waals surface area contributed by atoms with Crippen LogP contribution in [0.5, 0.6) is 0 Å². The molecule has 2 aromatic rings. The lowest BCUT2D eigenvalue weighted by Gasteiger charge is -2.52. The molecule has 2 heterocycles. The Hall–Kier alpha value is -1.73. The van der Waals surface area contributed by atoms with Gasteiger partial charge < -0.3 is 15.4 Å². The third-order valence-corrected chi connectivity index (χ3v) is 7.35. The second-order valence-electron chi connectivity index (χ2n) is 7.13. The van der Waals surface area contributed by atoms with Crippen LogP contribution in [0.4, 0.5) is 0 Å². The second kappa shape index (κ2) is 8.96. The van der Waals surface area contributed by atoms with Gasteiger partial charge in [0.15, 0.2) is 6.10 Å². The summed E-state index contributed by atoms with van der Waals surface area (Å²) in [5, 5.41) is -0.496. The molecule has 8 heteroatoms. The molecule has 0 aliphatic carbocycles. The van der Waals surface area contributed by atoms with Crippen LogP contribution in [0.15, 0.2) is 60.7 Å². The fraction of sp³-hybridized carbons (Fsp3) is 0.333. The number of β-lactam (4-membered cyclic amide) rings is 1. The number of ether oxygens (including phenoxy) is 1. The average Bonchev–Trinajstić information content (AvgIpc) is 2.73. The third kappa shape index (κ3) is 3.99. The standard InChI is InChI=1S/C21H21ClN2O3S.ClH/c22-12-21(13-24-16(25)11-17(24)28-19(21)23)20(26)27-18(14-7-3-1-4-8-14)15-9-5-2-6-10-15;/h1-10,17-19H,11-13,23H2;1H/t17-,19?,21?;/m1./s1. The van der Waals surface area contributed by atoms with Crippen molar-refractivity contribution in [2.24, 2.45) is 11.1 Å². The maximum absolute atomic E-state index is 13.4. The SMILES string of the molecule is Cl.NC1S[C@@H]2CC(=O)N2CC1(CCl)C(=O)OC(c1ccccc1)c1ccccc1. The number of hydrogen-bond acceptors (Lipinski definition) is 5. The van der Waals surface area contributed by atoms with Crippen LogP contribution >= 0.6 is 35.8 Å². The molecular weight excluding hydrogens is 431 g/mol. The molecule has 29 heavy (non-hydrogen) atoms. The van der Waals surface area contributed by atoms with Crippen molar-refractivity contribution in [3.63, 3.8) is 0 Å². The zero-order chi connectivity index (χ0) is 19.7. The maximum Gasteiger partial charge on any atom is 0.318 e. The van der Waals surface area contributed by atoms with E-state index in [0.29, 0.717) is 6.42 Å².